The van der Waals surface area contributed by atoms with Crippen molar-refractivity contribution in [1.29, 1.82) is 0 Å². The molecule has 3 aromatic carbocycles. The number of methoxy groups -OCH3 is 3. The number of benzene rings is 3. The van der Waals surface area contributed by atoms with E-state index in [0.29, 0.717) is 55.8 Å². The maximum atomic E-state index is 12.5. The summed E-state index contributed by atoms with van der Waals surface area (Å²) in [4.78, 5) is 0.351. The Labute approximate surface area is 198 Å². The minimum atomic E-state index is 0.208. The summed E-state index contributed by atoms with van der Waals surface area (Å²) >= 11 is 3.55. The lowest BCUT2D eigenvalue weighted by Crippen LogP contribution is -2.25. The summed E-state index contributed by atoms with van der Waals surface area (Å²) in [6.07, 6.45) is 0. The number of ether oxygens (including phenoxy) is 4. The fraction of sp³-hybridized carbons (Fsp3) is 0.167. The average molecular weight is 513 g/mol. The summed E-state index contributed by atoms with van der Waals surface area (Å²) in [6, 6.07) is 18.6. The second-order valence-electron chi connectivity index (χ2n) is 6.96. The SMILES string of the molecule is COc1cc(-c2c(-c3ccc(OCc4ccccc4)c(Br)c3)no[n+]2[O-])cc(OC)c1OC. The Morgan fingerprint density at radius 1 is 0.879 bits per heavy atom. The largest absolute Gasteiger partial charge is 0.493 e. The van der Waals surface area contributed by atoms with Gasteiger partial charge in [-0.15, -0.1) is 0 Å². The summed E-state index contributed by atoms with van der Waals surface area (Å²) in [5, 5.41) is 16.5. The van der Waals surface area contributed by atoms with E-state index >= 15 is 0 Å². The monoisotopic (exact) mass is 512 g/mol. The Hall–Kier alpha value is -3.72. The van der Waals surface area contributed by atoms with E-state index in [4.69, 9.17) is 23.6 Å². The number of hydrogen-bond donors (Lipinski definition) is 0. The third kappa shape index (κ3) is 4.58. The van der Waals surface area contributed by atoms with Crippen molar-refractivity contribution in [2.75, 3.05) is 21.3 Å². The lowest BCUT2D eigenvalue weighted by Gasteiger charge is -2.13. The van der Waals surface area contributed by atoms with E-state index in [-0.39, 0.29) is 5.69 Å². The van der Waals surface area contributed by atoms with E-state index in [1.807, 2.05) is 48.5 Å². The molecule has 4 aromatic rings. The summed E-state index contributed by atoms with van der Waals surface area (Å²) in [5.74, 6) is 1.90. The Kier molecular flexibility index (Phi) is 6.69. The van der Waals surface area contributed by atoms with Crippen molar-refractivity contribution in [2.45, 2.75) is 6.61 Å². The minimum absolute atomic E-state index is 0.208. The van der Waals surface area contributed by atoms with Gasteiger partial charge < -0.3 is 24.2 Å². The van der Waals surface area contributed by atoms with Crippen LogP contribution < -0.4 is 23.9 Å². The van der Waals surface area contributed by atoms with Gasteiger partial charge in [-0.3, -0.25) is 4.63 Å². The van der Waals surface area contributed by atoms with Crippen molar-refractivity contribution in [3.05, 3.63) is 75.9 Å². The average Bonchev–Trinajstić information content (AvgIpc) is 3.24. The first kappa shape index (κ1) is 22.5. The lowest BCUT2D eigenvalue weighted by atomic mass is 10.0. The first-order valence-corrected chi connectivity index (χ1v) is 10.7. The van der Waals surface area contributed by atoms with E-state index in [0.717, 1.165) is 5.56 Å². The van der Waals surface area contributed by atoms with Crippen LogP contribution in [0.1, 0.15) is 5.56 Å². The molecule has 8 nitrogen and oxygen atoms in total. The highest BCUT2D eigenvalue weighted by molar-refractivity contribution is 9.10. The quantitative estimate of drug-likeness (QED) is 0.306. The smallest absolute Gasteiger partial charge is 0.256 e. The molecule has 33 heavy (non-hydrogen) atoms. The van der Waals surface area contributed by atoms with Gasteiger partial charge in [0.1, 0.15) is 12.4 Å². The van der Waals surface area contributed by atoms with Crippen molar-refractivity contribution >= 4 is 15.9 Å². The molecule has 0 atom stereocenters. The number of hydrogen-bond acceptors (Lipinski definition) is 7. The Morgan fingerprint density at radius 2 is 1.58 bits per heavy atom. The minimum Gasteiger partial charge on any atom is -0.493 e. The molecule has 0 saturated heterocycles. The molecule has 4 rings (SSSR count). The van der Waals surface area contributed by atoms with Crippen LogP contribution in [0.5, 0.6) is 23.0 Å². The number of nitrogens with zero attached hydrogens (tertiary/aromatic N) is 2. The highest BCUT2D eigenvalue weighted by atomic mass is 79.9. The summed E-state index contributed by atoms with van der Waals surface area (Å²) in [6.45, 7) is 0.431. The molecule has 0 N–H and O–H groups in total. The third-order valence-electron chi connectivity index (χ3n) is 4.99. The first-order valence-electron chi connectivity index (χ1n) is 9.92. The van der Waals surface area contributed by atoms with Gasteiger partial charge in [-0.2, -0.15) is 0 Å². The highest BCUT2D eigenvalue weighted by Gasteiger charge is 2.26. The molecule has 0 aliphatic carbocycles. The number of rotatable bonds is 8. The van der Waals surface area contributed by atoms with Gasteiger partial charge in [0.05, 0.1) is 25.8 Å². The molecule has 9 heteroatoms. The highest BCUT2D eigenvalue weighted by Crippen LogP contribution is 2.42. The van der Waals surface area contributed by atoms with Crippen molar-refractivity contribution in [1.82, 2.24) is 5.16 Å². The third-order valence-corrected chi connectivity index (χ3v) is 5.61. The van der Waals surface area contributed by atoms with Crippen molar-refractivity contribution in [2.24, 2.45) is 0 Å². The van der Waals surface area contributed by atoms with Crippen LogP contribution in [-0.2, 0) is 6.61 Å². The summed E-state index contributed by atoms with van der Waals surface area (Å²) in [5.41, 5.74) is 2.78. The van der Waals surface area contributed by atoms with Crippen LogP contribution in [0.2, 0.25) is 0 Å². The summed E-state index contributed by atoms with van der Waals surface area (Å²) in [7, 11) is 4.52. The number of halogens is 1. The number of aromatic nitrogens is 2. The normalized spacial score (nSPS) is 10.7. The van der Waals surface area contributed by atoms with Crippen LogP contribution in [0.3, 0.4) is 0 Å². The van der Waals surface area contributed by atoms with Crippen LogP contribution in [0.15, 0.2) is 69.8 Å². The molecule has 0 spiro atoms. The van der Waals surface area contributed by atoms with Crippen molar-refractivity contribution < 1.29 is 28.5 Å². The fourth-order valence-corrected chi connectivity index (χ4v) is 3.89. The van der Waals surface area contributed by atoms with Crippen LogP contribution in [0.4, 0.5) is 0 Å². The predicted molar refractivity (Wildman–Crippen MR) is 124 cm³/mol. The molecule has 1 heterocycles. The molecule has 170 valence electrons. The molecule has 0 aliphatic heterocycles. The van der Waals surface area contributed by atoms with Crippen LogP contribution in [0.25, 0.3) is 22.5 Å². The summed E-state index contributed by atoms with van der Waals surface area (Å²) < 4.78 is 27.8. The van der Waals surface area contributed by atoms with Gasteiger partial charge in [0.25, 0.3) is 5.69 Å². The van der Waals surface area contributed by atoms with E-state index in [1.54, 1.807) is 12.1 Å². The molecule has 0 fully saturated rings. The molecule has 0 bridgehead atoms. The van der Waals surface area contributed by atoms with Gasteiger partial charge in [-0.05, 0) is 56.7 Å². The maximum Gasteiger partial charge on any atom is 0.256 e. The lowest BCUT2D eigenvalue weighted by molar-refractivity contribution is -0.793. The van der Waals surface area contributed by atoms with Crippen molar-refractivity contribution in [3.8, 4) is 45.5 Å². The molecule has 0 saturated carbocycles. The Balaban J connectivity index is 1.69. The zero-order chi connectivity index (χ0) is 23.4. The van der Waals surface area contributed by atoms with Crippen LogP contribution >= 0.6 is 15.9 Å². The van der Waals surface area contributed by atoms with E-state index in [2.05, 4.69) is 21.1 Å². The van der Waals surface area contributed by atoms with Crippen LogP contribution in [0, 0.1) is 5.21 Å². The second kappa shape index (κ2) is 9.83. The van der Waals surface area contributed by atoms with Gasteiger partial charge in [0, 0.05) is 16.3 Å². The topological polar surface area (TPSA) is 89.9 Å². The van der Waals surface area contributed by atoms with Crippen LogP contribution in [-0.4, -0.2) is 26.5 Å². The van der Waals surface area contributed by atoms with Gasteiger partial charge in [-0.25, -0.2) is 0 Å². The molecule has 0 aliphatic rings. The van der Waals surface area contributed by atoms with E-state index < -0.39 is 0 Å². The Morgan fingerprint density at radius 3 is 2.18 bits per heavy atom. The van der Waals surface area contributed by atoms with Crippen molar-refractivity contribution in [3.63, 3.8) is 0 Å². The van der Waals surface area contributed by atoms with E-state index in [1.165, 1.54) is 21.3 Å². The van der Waals surface area contributed by atoms with E-state index in [9.17, 15) is 5.21 Å². The van der Waals surface area contributed by atoms with Gasteiger partial charge in [-0.1, -0.05) is 30.3 Å². The molecule has 0 radical (unpaired) electrons. The van der Waals surface area contributed by atoms with Gasteiger partial charge >= 0.3 is 0 Å². The van der Waals surface area contributed by atoms with Gasteiger partial charge in [0.15, 0.2) is 11.5 Å². The molecule has 0 amide bonds. The zero-order valence-electron chi connectivity index (χ0n) is 18.2. The zero-order valence-corrected chi connectivity index (χ0v) is 19.8. The molecular weight excluding hydrogens is 492 g/mol. The predicted octanol–water partition coefficient (Wildman–Crippen LogP) is 5.01. The second-order valence-corrected chi connectivity index (χ2v) is 7.82. The molecular formula is C24H21BrN2O6. The maximum absolute atomic E-state index is 12.5. The Bertz CT molecular complexity index is 1230. The first-order chi connectivity index (χ1) is 16.0. The molecule has 1 aromatic heterocycles. The standard InChI is InChI=1S/C24H21BrN2O6/c1-29-20-12-17(13-21(30-2)24(20)31-3)23-22(26-33-27(23)28)16-9-10-19(18(25)11-16)32-14-15-7-5-4-6-8-15/h4-13H,14H2,1-3H3. The fourth-order valence-electron chi connectivity index (χ4n) is 3.40. The van der Waals surface area contributed by atoms with Gasteiger partial charge in [0.2, 0.25) is 11.4 Å². The molecule has 0 unspecified atom stereocenters.